The van der Waals surface area contributed by atoms with Crippen molar-refractivity contribution < 1.29 is 23.5 Å². The number of nitrogens with zero attached hydrogens (tertiary/aromatic N) is 3. The Morgan fingerprint density at radius 3 is 2.34 bits per heavy atom. The van der Waals surface area contributed by atoms with Gasteiger partial charge in [-0.05, 0) is 61.0 Å². The first-order chi connectivity index (χ1) is 16.9. The van der Waals surface area contributed by atoms with Crippen molar-refractivity contribution in [2.24, 2.45) is 5.92 Å². The van der Waals surface area contributed by atoms with Gasteiger partial charge >= 0.3 is 0 Å². The minimum Gasteiger partial charge on any atom is -0.457 e. The number of ether oxygens (including phenoxy) is 1. The van der Waals surface area contributed by atoms with Gasteiger partial charge in [0.2, 0.25) is 10.9 Å². The number of aromatic nitrogens is 2. The second-order valence-electron chi connectivity index (χ2n) is 7.92. The maximum absolute atomic E-state index is 13.5. The van der Waals surface area contributed by atoms with Crippen molar-refractivity contribution in [2.75, 3.05) is 4.90 Å². The van der Waals surface area contributed by atoms with Crippen LogP contribution in [0.5, 0.6) is 11.5 Å². The third-order valence-electron chi connectivity index (χ3n) is 5.62. The smallest absolute Gasteiger partial charge is 0.297 e. The van der Waals surface area contributed by atoms with Gasteiger partial charge in [0.05, 0.1) is 6.04 Å². The van der Waals surface area contributed by atoms with Crippen LogP contribution in [0, 0.1) is 18.7 Å². The van der Waals surface area contributed by atoms with Gasteiger partial charge in [-0.2, -0.15) is 0 Å². The number of hydrogen-bond acceptors (Lipinski definition) is 7. The molecule has 0 spiro atoms. The molecule has 0 radical (unpaired) electrons. The Kier molecular flexibility index (Phi) is 5.92. The van der Waals surface area contributed by atoms with Gasteiger partial charge in [0.15, 0.2) is 5.78 Å². The zero-order chi connectivity index (χ0) is 24.5. The summed E-state index contributed by atoms with van der Waals surface area (Å²) in [7, 11) is 0. The Morgan fingerprint density at radius 1 is 0.943 bits per heavy atom. The van der Waals surface area contributed by atoms with Gasteiger partial charge in [-0.3, -0.25) is 19.3 Å². The molecule has 0 aliphatic carbocycles. The first-order valence-electron chi connectivity index (χ1n) is 10.7. The molecule has 0 bridgehead atoms. The van der Waals surface area contributed by atoms with E-state index in [2.05, 4.69) is 10.2 Å². The summed E-state index contributed by atoms with van der Waals surface area (Å²) in [6.45, 7) is 1.73. The van der Waals surface area contributed by atoms with Gasteiger partial charge in [0, 0.05) is 5.56 Å². The summed E-state index contributed by atoms with van der Waals surface area (Å²) in [5, 5.41) is 8.85. The maximum atomic E-state index is 13.5. The number of rotatable bonds is 6. The number of anilines is 1. The van der Waals surface area contributed by atoms with Gasteiger partial charge in [0.1, 0.15) is 28.2 Å². The summed E-state index contributed by atoms with van der Waals surface area (Å²) in [5.74, 6) is -3.05. The average Bonchev–Trinajstić information content (AvgIpc) is 3.40. The SMILES string of the molecule is Cc1nnc(N2C(=O)C(=O)C(C(=O)c3ccc(F)cc3)C2c2cccc(Oc3ccccc3)c2)s1. The van der Waals surface area contributed by atoms with Crippen LogP contribution >= 0.6 is 11.3 Å². The van der Waals surface area contributed by atoms with E-state index in [1.807, 2.05) is 18.2 Å². The van der Waals surface area contributed by atoms with Crippen LogP contribution in [0.4, 0.5) is 9.52 Å². The second-order valence-corrected chi connectivity index (χ2v) is 9.08. The Bertz CT molecular complexity index is 1420. The lowest BCUT2D eigenvalue weighted by atomic mass is 9.86. The molecule has 2 unspecified atom stereocenters. The Balaban J connectivity index is 1.59. The highest BCUT2D eigenvalue weighted by Gasteiger charge is 2.53. The minimum atomic E-state index is -1.34. The van der Waals surface area contributed by atoms with Crippen LogP contribution in [0.25, 0.3) is 0 Å². The molecule has 3 aromatic carbocycles. The third kappa shape index (κ3) is 4.33. The van der Waals surface area contributed by atoms with Crippen molar-refractivity contribution in [1.29, 1.82) is 0 Å². The van der Waals surface area contributed by atoms with Crippen LogP contribution in [0.1, 0.15) is 27.0 Å². The predicted molar refractivity (Wildman–Crippen MR) is 127 cm³/mol. The predicted octanol–water partition coefficient (Wildman–Crippen LogP) is 4.93. The topological polar surface area (TPSA) is 89.5 Å². The number of carbonyl (C=O) groups excluding carboxylic acids is 3. The van der Waals surface area contributed by atoms with Crippen molar-refractivity contribution in [3.05, 3.63) is 101 Å². The molecule has 174 valence electrons. The summed E-state index contributed by atoms with van der Waals surface area (Å²) >= 11 is 1.15. The fourth-order valence-corrected chi connectivity index (χ4v) is 4.77. The fraction of sp³-hybridized carbons (Fsp3) is 0.115. The average molecular weight is 488 g/mol. The summed E-state index contributed by atoms with van der Waals surface area (Å²) < 4.78 is 19.4. The molecule has 9 heteroatoms. The first kappa shape index (κ1) is 22.5. The van der Waals surface area contributed by atoms with Gasteiger partial charge in [-0.1, -0.05) is 41.7 Å². The van der Waals surface area contributed by atoms with Gasteiger partial charge < -0.3 is 4.74 Å². The highest BCUT2D eigenvalue weighted by Crippen LogP contribution is 2.43. The molecule has 1 aliphatic heterocycles. The molecular weight excluding hydrogens is 469 g/mol. The van der Waals surface area contributed by atoms with Gasteiger partial charge in [-0.25, -0.2) is 4.39 Å². The van der Waals surface area contributed by atoms with E-state index in [0.717, 1.165) is 23.5 Å². The Labute approximate surface area is 203 Å². The van der Waals surface area contributed by atoms with E-state index in [1.165, 1.54) is 17.0 Å². The largest absolute Gasteiger partial charge is 0.457 e. The highest BCUT2D eigenvalue weighted by molar-refractivity contribution is 7.15. The lowest BCUT2D eigenvalue weighted by Crippen LogP contribution is -2.30. The highest BCUT2D eigenvalue weighted by atomic mass is 32.1. The van der Waals surface area contributed by atoms with E-state index < -0.39 is 35.3 Å². The molecule has 1 aliphatic rings. The van der Waals surface area contributed by atoms with Crippen LogP contribution in [-0.4, -0.2) is 27.7 Å². The summed E-state index contributed by atoms with van der Waals surface area (Å²) in [6.07, 6.45) is 0. The number of amides is 1. The van der Waals surface area contributed by atoms with E-state index in [1.54, 1.807) is 43.3 Å². The normalized spacial score (nSPS) is 17.6. The summed E-state index contributed by atoms with van der Waals surface area (Å²) in [5.41, 5.74) is 0.653. The molecule has 1 fully saturated rings. The van der Waals surface area contributed by atoms with Crippen LogP contribution < -0.4 is 9.64 Å². The molecule has 1 saturated heterocycles. The quantitative estimate of drug-likeness (QED) is 0.218. The van der Waals surface area contributed by atoms with Gasteiger partial charge in [0.25, 0.3) is 5.91 Å². The zero-order valence-corrected chi connectivity index (χ0v) is 19.2. The van der Waals surface area contributed by atoms with E-state index in [0.29, 0.717) is 22.1 Å². The molecule has 35 heavy (non-hydrogen) atoms. The molecular formula is C26H18FN3O4S. The molecule has 1 aromatic heterocycles. The van der Waals surface area contributed by atoms with Crippen LogP contribution in [0.2, 0.25) is 0 Å². The van der Waals surface area contributed by atoms with Crippen LogP contribution in [0.3, 0.4) is 0 Å². The fourth-order valence-electron chi connectivity index (χ4n) is 4.04. The molecule has 2 atom stereocenters. The maximum Gasteiger partial charge on any atom is 0.297 e. The monoisotopic (exact) mass is 487 g/mol. The minimum absolute atomic E-state index is 0.134. The van der Waals surface area contributed by atoms with Crippen molar-refractivity contribution in [3.63, 3.8) is 0 Å². The number of benzene rings is 3. The first-order valence-corrected chi connectivity index (χ1v) is 11.5. The van der Waals surface area contributed by atoms with Crippen molar-refractivity contribution in [1.82, 2.24) is 10.2 Å². The zero-order valence-electron chi connectivity index (χ0n) is 18.4. The molecule has 0 saturated carbocycles. The van der Waals surface area contributed by atoms with Crippen LogP contribution in [-0.2, 0) is 9.59 Å². The Hall–Kier alpha value is -4.24. The molecule has 5 rings (SSSR count). The second kappa shape index (κ2) is 9.19. The number of hydrogen-bond donors (Lipinski definition) is 0. The van der Waals surface area contributed by atoms with Crippen molar-refractivity contribution >= 4 is 33.9 Å². The Morgan fingerprint density at radius 2 is 1.66 bits per heavy atom. The van der Waals surface area contributed by atoms with Crippen molar-refractivity contribution in [3.8, 4) is 11.5 Å². The molecule has 0 N–H and O–H groups in total. The summed E-state index contributed by atoms with van der Waals surface area (Å²) in [4.78, 5) is 41.0. The van der Waals surface area contributed by atoms with E-state index in [9.17, 15) is 18.8 Å². The molecule has 4 aromatic rings. The molecule has 7 nitrogen and oxygen atoms in total. The summed E-state index contributed by atoms with van der Waals surface area (Å²) in [6, 6.07) is 19.9. The van der Waals surface area contributed by atoms with E-state index >= 15 is 0 Å². The third-order valence-corrected chi connectivity index (χ3v) is 6.46. The van der Waals surface area contributed by atoms with Crippen LogP contribution in [0.15, 0.2) is 78.9 Å². The number of para-hydroxylation sites is 1. The lowest BCUT2D eigenvalue weighted by Gasteiger charge is -2.25. The number of Topliss-reactive ketones (excluding diaryl/α,β-unsaturated/α-hetero) is 2. The number of aryl methyl sites for hydroxylation is 1. The number of carbonyl (C=O) groups is 3. The number of ketones is 2. The van der Waals surface area contributed by atoms with Crippen molar-refractivity contribution in [2.45, 2.75) is 13.0 Å². The molecule has 1 amide bonds. The van der Waals surface area contributed by atoms with Gasteiger partial charge in [-0.15, -0.1) is 10.2 Å². The van der Waals surface area contributed by atoms with E-state index in [4.69, 9.17) is 4.74 Å². The molecule has 2 heterocycles. The lowest BCUT2D eigenvalue weighted by molar-refractivity contribution is -0.135. The standard InChI is InChI=1S/C26H18FN3O4S/c1-15-28-29-26(35-15)30-22(17-6-5-9-20(14-17)34-19-7-3-2-4-8-19)21(24(32)25(30)33)23(31)16-10-12-18(27)13-11-16/h2-14,21-22H,1H3. The van der Waals surface area contributed by atoms with E-state index in [-0.39, 0.29) is 10.7 Å². The number of halogens is 1.